The molecule has 0 aliphatic heterocycles. The Labute approximate surface area is 78.8 Å². The van der Waals surface area contributed by atoms with Crippen molar-refractivity contribution < 1.29 is 6.22 Å². The average Bonchev–Trinajstić information content (AvgIpc) is 2.02. The van der Waals surface area contributed by atoms with Crippen molar-refractivity contribution in [2.75, 3.05) is 0 Å². The van der Waals surface area contributed by atoms with Gasteiger partial charge in [0.1, 0.15) is 5.69 Å². The van der Waals surface area contributed by atoms with Crippen LogP contribution in [0.2, 0.25) is 0 Å². The van der Waals surface area contributed by atoms with E-state index in [1.807, 2.05) is 31.6 Å². The lowest BCUT2D eigenvalue weighted by atomic mass is 9.89. The summed E-state index contributed by atoms with van der Waals surface area (Å²) in [4.78, 5) is 15.7. The molecule has 1 radical (unpaired) electrons. The van der Waals surface area contributed by atoms with Crippen molar-refractivity contribution in [3.05, 3.63) is 48.2 Å². The second-order valence-corrected chi connectivity index (χ2v) is 3.19. The van der Waals surface area contributed by atoms with E-state index >= 15 is 0 Å². The first-order chi connectivity index (χ1) is 6.27. The fourth-order valence-electron chi connectivity index (χ4n) is 1.18. The fraction of sp³-hybridized carbons (Fsp3) is 0.182. The molecular formula is C11H12NO. The Kier molecular flexibility index (Phi) is 1.97. The van der Waals surface area contributed by atoms with Gasteiger partial charge < -0.3 is 0 Å². The Balaban J connectivity index is 0.000000980. The summed E-state index contributed by atoms with van der Waals surface area (Å²) in [6.45, 7) is 1.95. The van der Waals surface area contributed by atoms with Gasteiger partial charge in [0, 0.05) is 13.5 Å². The van der Waals surface area contributed by atoms with Crippen LogP contribution >= 0.6 is 0 Å². The molecule has 1 unspecified atom stereocenters. The first kappa shape index (κ1) is 8.17. The number of carbonyl (C=O) groups is 1. The van der Waals surface area contributed by atoms with E-state index in [0.717, 1.165) is 5.56 Å². The molecule has 1 aromatic rings. The Hall–Kier alpha value is -1.44. The molecule has 1 aliphatic rings. The number of carbonyl (C=O) groups excluding carboxylic acids is 1. The number of hydrogen-bond acceptors (Lipinski definition) is 2. The Morgan fingerprint density at radius 3 is 2.77 bits per heavy atom. The molecule has 0 spiro atoms. The average molecular weight is 174 g/mol. The molecule has 67 valence electrons. The standard InChI is InChI=1S/C11H10NO.H2/c1-8-5-6-10(12-7-8)11(13)9-3-2-4-9;/h2-7,9H,1H3;1H. The van der Waals surface area contributed by atoms with Gasteiger partial charge in [-0.1, -0.05) is 18.2 Å². The van der Waals surface area contributed by atoms with E-state index in [1.165, 1.54) is 0 Å². The summed E-state index contributed by atoms with van der Waals surface area (Å²) >= 11 is 0. The number of aryl methyl sites for hydroxylation is 1. The maximum Gasteiger partial charge on any atom is 0.188 e. The third-order valence-electron chi connectivity index (χ3n) is 2.10. The monoisotopic (exact) mass is 174 g/mol. The highest BCUT2D eigenvalue weighted by Gasteiger charge is 2.21. The molecule has 0 N–H and O–H groups in total. The molecule has 1 atom stereocenters. The second kappa shape index (κ2) is 3.13. The van der Waals surface area contributed by atoms with E-state index in [1.54, 1.807) is 12.3 Å². The van der Waals surface area contributed by atoms with Gasteiger partial charge in [0.15, 0.2) is 5.78 Å². The van der Waals surface area contributed by atoms with Crippen molar-refractivity contribution in [2.24, 2.45) is 5.92 Å². The van der Waals surface area contributed by atoms with E-state index in [0.29, 0.717) is 5.69 Å². The number of Topliss-reactive ketones (excluding diaryl/α,β-unsaturated/α-hetero) is 1. The molecule has 0 bridgehead atoms. The van der Waals surface area contributed by atoms with Gasteiger partial charge in [-0.2, -0.15) is 0 Å². The first-order valence-corrected chi connectivity index (χ1v) is 4.26. The van der Waals surface area contributed by atoms with Gasteiger partial charge in [0.25, 0.3) is 0 Å². The van der Waals surface area contributed by atoms with Crippen LogP contribution in [-0.2, 0) is 0 Å². The lowest BCUT2D eigenvalue weighted by Crippen LogP contribution is -2.18. The zero-order chi connectivity index (χ0) is 9.26. The number of hydrogen-bond donors (Lipinski definition) is 0. The van der Waals surface area contributed by atoms with Crippen LogP contribution in [0.5, 0.6) is 0 Å². The van der Waals surface area contributed by atoms with Crippen molar-refractivity contribution in [2.45, 2.75) is 6.92 Å². The highest BCUT2D eigenvalue weighted by atomic mass is 16.1. The summed E-state index contributed by atoms with van der Waals surface area (Å²) in [6, 6.07) is 3.68. The van der Waals surface area contributed by atoms with Crippen LogP contribution in [0.15, 0.2) is 30.5 Å². The minimum Gasteiger partial charge on any atom is -0.292 e. The van der Waals surface area contributed by atoms with Crippen LogP contribution in [0, 0.1) is 19.3 Å². The Morgan fingerprint density at radius 2 is 2.31 bits per heavy atom. The highest BCUT2D eigenvalue weighted by molar-refractivity contribution is 5.99. The van der Waals surface area contributed by atoms with Crippen LogP contribution in [-0.4, -0.2) is 10.8 Å². The molecule has 0 fully saturated rings. The fourth-order valence-corrected chi connectivity index (χ4v) is 1.18. The molecule has 1 aliphatic carbocycles. The minimum absolute atomic E-state index is 0. The van der Waals surface area contributed by atoms with Crippen LogP contribution < -0.4 is 0 Å². The molecule has 0 amide bonds. The molecule has 13 heavy (non-hydrogen) atoms. The number of nitrogens with zero attached hydrogens (tertiary/aromatic N) is 1. The lowest BCUT2D eigenvalue weighted by Gasteiger charge is -2.14. The molecule has 1 aromatic heterocycles. The summed E-state index contributed by atoms with van der Waals surface area (Å²) in [5, 5.41) is 0. The zero-order valence-electron chi connectivity index (χ0n) is 7.40. The minimum atomic E-state index is -0.0461. The number of rotatable bonds is 2. The topological polar surface area (TPSA) is 30.0 Å². The Bertz CT molecular complexity index is 356. The van der Waals surface area contributed by atoms with Crippen molar-refractivity contribution in [1.29, 1.82) is 0 Å². The largest absolute Gasteiger partial charge is 0.292 e. The number of pyridine rings is 1. The predicted octanol–water partition coefficient (Wildman–Crippen LogP) is 2.21. The van der Waals surface area contributed by atoms with Crippen LogP contribution in [0.25, 0.3) is 0 Å². The number of aromatic nitrogens is 1. The van der Waals surface area contributed by atoms with Gasteiger partial charge in [0.05, 0.1) is 0 Å². The van der Waals surface area contributed by atoms with E-state index in [9.17, 15) is 4.79 Å². The molecule has 0 saturated heterocycles. The molecular weight excluding hydrogens is 162 g/mol. The van der Waals surface area contributed by atoms with E-state index in [2.05, 4.69) is 4.98 Å². The second-order valence-electron chi connectivity index (χ2n) is 3.19. The SMILES string of the molecule is Cc1ccc(C(=O)C2[CH]C=C2)nc1.[HH]. The third kappa shape index (κ3) is 1.52. The zero-order valence-corrected chi connectivity index (χ0v) is 7.40. The summed E-state index contributed by atoms with van der Waals surface area (Å²) in [5.41, 5.74) is 1.63. The maximum absolute atomic E-state index is 11.6. The van der Waals surface area contributed by atoms with Crippen molar-refractivity contribution in [3.63, 3.8) is 0 Å². The lowest BCUT2D eigenvalue weighted by molar-refractivity contribution is 0.0950. The normalized spacial score (nSPS) is 19.6. The van der Waals surface area contributed by atoms with Crippen LogP contribution in [0.3, 0.4) is 0 Å². The number of allylic oxidation sites excluding steroid dienone is 2. The summed E-state index contributed by atoms with van der Waals surface area (Å²) in [7, 11) is 0. The molecule has 0 saturated carbocycles. The maximum atomic E-state index is 11.6. The van der Waals surface area contributed by atoms with Gasteiger partial charge in [-0.15, -0.1) is 0 Å². The van der Waals surface area contributed by atoms with Crippen molar-refractivity contribution >= 4 is 5.78 Å². The van der Waals surface area contributed by atoms with Crippen LogP contribution in [0.4, 0.5) is 0 Å². The van der Waals surface area contributed by atoms with Gasteiger partial charge >= 0.3 is 0 Å². The summed E-state index contributed by atoms with van der Waals surface area (Å²) in [6.07, 6.45) is 7.36. The molecule has 2 rings (SSSR count). The van der Waals surface area contributed by atoms with Gasteiger partial charge in [-0.05, 0) is 25.0 Å². The number of ketones is 1. The molecule has 2 heteroatoms. The Morgan fingerprint density at radius 1 is 1.54 bits per heavy atom. The van der Waals surface area contributed by atoms with Crippen molar-refractivity contribution in [3.8, 4) is 0 Å². The summed E-state index contributed by atoms with van der Waals surface area (Å²) in [5.74, 6) is 0.0395. The van der Waals surface area contributed by atoms with Gasteiger partial charge in [-0.25, -0.2) is 0 Å². The smallest absolute Gasteiger partial charge is 0.188 e. The van der Waals surface area contributed by atoms with Gasteiger partial charge in [-0.3, -0.25) is 9.78 Å². The first-order valence-electron chi connectivity index (χ1n) is 4.26. The molecule has 2 nitrogen and oxygen atoms in total. The third-order valence-corrected chi connectivity index (χ3v) is 2.10. The highest BCUT2D eigenvalue weighted by Crippen LogP contribution is 2.19. The molecule has 1 heterocycles. The van der Waals surface area contributed by atoms with Gasteiger partial charge in [0.2, 0.25) is 0 Å². The van der Waals surface area contributed by atoms with E-state index in [4.69, 9.17) is 0 Å². The van der Waals surface area contributed by atoms with E-state index < -0.39 is 0 Å². The summed E-state index contributed by atoms with van der Waals surface area (Å²) < 4.78 is 0. The van der Waals surface area contributed by atoms with Crippen molar-refractivity contribution in [1.82, 2.24) is 4.98 Å². The predicted molar refractivity (Wildman–Crippen MR) is 52.3 cm³/mol. The quantitative estimate of drug-likeness (QED) is 0.643. The van der Waals surface area contributed by atoms with Crippen LogP contribution in [0.1, 0.15) is 17.5 Å². The molecule has 0 aromatic carbocycles. The van der Waals surface area contributed by atoms with E-state index in [-0.39, 0.29) is 13.1 Å².